The minimum atomic E-state index is -4.12. The lowest BCUT2D eigenvalue weighted by Crippen LogP contribution is -2.49. The highest BCUT2D eigenvalue weighted by molar-refractivity contribution is 7.86. The van der Waals surface area contributed by atoms with Crippen LogP contribution < -0.4 is 5.73 Å². The highest BCUT2D eigenvalue weighted by Crippen LogP contribution is 2.36. The fourth-order valence-electron chi connectivity index (χ4n) is 3.25. The van der Waals surface area contributed by atoms with E-state index in [1.165, 1.54) is 12.1 Å². The van der Waals surface area contributed by atoms with Gasteiger partial charge in [0.1, 0.15) is 6.61 Å². The Morgan fingerprint density at radius 3 is 2.29 bits per heavy atom. The topological polar surface area (TPSA) is 95.7 Å². The molecule has 0 atom stereocenters. The van der Waals surface area contributed by atoms with E-state index >= 15 is 0 Å². The molecule has 0 aromatic heterocycles. The number of rotatable bonds is 6. The summed E-state index contributed by atoms with van der Waals surface area (Å²) in [5.41, 5.74) is 6.16. The molecule has 1 fully saturated rings. The SMILES string of the molecule is Cc1ccc(S(=O)(=O)OC2(C(=O)OCc3ccccc3)CCC(N)CC2)cc1. The van der Waals surface area contributed by atoms with Crippen LogP contribution in [0.1, 0.15) is 36.8 Å². The fourth-order valence-corrected chi connectivity index (χ4v) is 4.47. The number of hydrogen-bond donors (Lipinski definition) is 1. The predicted molar refractivity (Wildman–Crippen MR) is 105 cm³/mol. The van der Waals surface area contributed by atoms with Crippen molar-refractivity contribution in [3.05, 3.63) is 65.7 Å². The normalized spacial score (nSPS) is 22.6. The Morgan fingerprint density at radius 1 is 1.07 bits per heavy atom. The van der Waals surface area contributed by atoms with Gasteiger partial charge in [-0.25, -0.2) is 8.98 Å². The second kappa shape index (κ2) is 8.43. The first kappa shape index (κ1) is 20.5. The van der Waals surface area contributed by atoms with Gasteiger partial charge >= 0.3 is 5.97 Å². The summed E-state index contributed by atoms with van der Waals surface area (Å²) < 4.78 is 36.6. The molecule has 0 spiro atoms. The number of nitrogens with two attached hydrogens (primary N) is 1. The van der Waals surface area contributed by atoms with Crippen molar-refractivity contribution in [1.29, 1.82) is 0 Å². The van der Waals surface area contributed by atoms with Crippen LogP contribution in [-0.2, 0) is 30.4 Å². The highest BCUT2D eigenvalue weighted by Gasteiger charge is 2.47. The molecule has 6 nitrogen and oxygen atoms in total. The Bertz CT molecular complexity index is 902. The quantitative estimate of drug-likeness (QED) is 0.588. The Morgan fingerprint density at radius 2 is 1.68 bits per heavy atom. The van der Waals surface area contributed by atoms with Gasteiger partial charge in [-0.3, -0.25) is 0 Å². The van der Waals surface area contributed by atoms with E-state index in [1.807, 2.05) is 37.3 Å². The van der Waals surface area contributed by atoms with Crippen LogP contribution in [0.4, 0.5) is 0 Å². The second-order valence-electron chi connectivity index (χ2n) is 7.24. The van der Waals surface area contributed by atoms with E-state index in [2.05, 4.69) is 0 Å². The number of ether oxygens (including phenoxy) is 1. The van der Waals surface area contributed by atoms with Gasteiger partial charge < -0.3 is 10.5 Å². The molecule has 0 amide bonds. The third-order valence-corrected chi connectivity index (χ3v) is 6.39. The summed E-state index contributed by atoms with van der Waals surface area (Å²) in [4.78, 5) is 12.9. The second-order valence-corrected chi connectivity index (χ2v) is 8.79. The lowest BCUT2D eigenvalue weighted by atomic mass is 9.82. The van der Waals surface area contributed by atoms with Crippen LogP contribution in [0.25, 0.3) is 0 Å². The minimum Gasteiger partial charge on any atom is -0.459 e. The third kappa shape index (κ3) is 4.79. The van der Waals surface area contributed by atoms with E-state index in [9.17, 15) is 13.2 Å². The van der Waals surface area contributed by atoms with Crippen LogP contribution in [0.5, 0.6) is 0 Å². The molecule has 0 heterocycles. The van der Waals surface area contributed by atoms with Gasteiger partial charge in [0.2, 0.25) is 0 Å². The average Bonchev–Trinajstić information content (AvgIpc) is 2.69. The number of carbonyl (C=O) groups is 1. The van der Waals surface area contributed by atoms with Crippen molar-refractivity contribution in [3.8, 4) is 0 Å². The van der Waals surface area contributed by atoms with Crippen LogP contribution >= 0.6 is 0 Å². The van der Waals surface area contributed by atoms with Crippen molar-refractivity contribution in [3.63, 3.8) is 0 Å². The number of hydrogen-bond acceptors (Lipinski definition) is 6. The number of esters is 1. The lowest BCUT2D eigenvalue weighted by molar-refractivity contribution is -0.166. The van der Waals surface area contributed by atoms with Gasteiger partial charge in [0.25, 0.3) is 10.1 Å². The molecule has 150 valence electrons. The summed E-state index contributed by atoms with van der Waals surface area (Å²) in [7, 11) is -4.12. The monoisotopic (exact) mass is 403 g/mol. The van der Waals surface area contributed by atoms with Gasteiger partial charge in [0.15, 0.2) is 5.60 Å². The van der Waals surface area contributed by atoms with E-state index in [0.717, 1.165) is 11.1 Å². The van der Waals surface area contributed by atoms with E-state index in [4.69, 9.17) is 14.7 Å². The summed E-state index contributed by atoms with van der Waals surface area (Å²) >= 11 is 0. The van der Waals surface area contributed by atoms with Crippen molar-refractivity contribution in [2.75, 3.05) is 0 Å². The maximum atomic E-state index is 12.9. The molecule has 2 aromatic rings. The molecule has 3 rings (SSSR count). The first-order valence-corrected chi connectivity index (χ1v) is 10.7. The summed E-state index contributed by atoms with van der Waals surface area (Å²) in [5, 5.41) is 0. The van der Waals surface area contributed by atoms with E-state index in [-0.39, 0.29) is 30.4 Å². The summed E-state index contributed by atoms with van der Waals surface area (Å²) in [5.74, 6) is -0.668. The van der Waals surface area contributed by atoms with Gasteiger partial charge in [-0.05, 0) is 50.3 Å². The van der Waals surface area contributed by atoms with Crippen LogP contribution in [0.2, 0.25) is 0 Å². The summed E-state index contributed by atoms with van der Waals surface area (Å²) in [6, 6.07) is 15.5. The zero-order valence-electron chi connectivity index (χ0n) is 15.8. The maximum Gasteiger partial charge on any atom is 0.340 e. The molecule has 28 heavy (non-hydrogen) atoms. The molecule has 0 saturated heterocycles. The number of carbonyl (C=O) groups excluding carboxylic acids is 1. The lowest BCUT2D eigenvalue weighted by Gasteiger charge is -2.36. The summed E-state index contributed by atoms with van der Waals surface area (Å²) in [6.07, 6.45) is 1.38. The van der Waals surface area contributed by atoms with Gasteiger partial charge in [-0.1, -0.05) is 48.0 Å². The fraction of sp³-hybridized carbons (Fsp3) is 0.381. The third-order valence-electron chi connectivity index (χ3n) is 5.00. The van der Waals surface area contributed by atoms with Crippen molar-refractivity contribution in [2.24, 2.45) is 5.73 Å². The molecule has 0 aliphatic heterocycles. The number of benzene rings is 2. The molecule has 1 saturated carbocycles. The molecule has 2 aromatic carbocycles. The smallest absolute Gasteiger partial charge is 0.340 e. The Balaban J connectivity index is 1.81. The zero-order valence-corrected chi connectivity index (χ0v) is 16.7. The molecule has 1 aliphatic rings. The molecule has 0 unspecified atom stereocenters. The maximum absolute atomic E-state index is 12.9. The van der Waals surface area contributed by atoms with Gasteiger partial charge in [-0.2, -0.15) is 8.42 Å². The van der Waals surface area contributed by atoms with Crippen LogP contribution in [0, 0.1) is 6.92 Å². The molecular formula is C21H25NO5S. The van der Waals surface area contributed by atoms with E-state index < -0.39 is 21.7 Å². The van der Waals surface area contributed by atoms with Crippen molar-refractivity contribution in [2.45, 2.75) is 55.8 Å². The minimum absolute atomic E-state index is 0.0169. The molecule has 2 N–H and O–H groups in total. The zero-order chi connectivity index (χ0) is 20.2. The Kier molecular flexibility index (Phi) is 6.17. The largest absolute Gasteiger partial charge is 0.459 e. The van der Waals surface area contributed by atoms with E-state index in [0.29, 0.717) is 12.8 Å². The predicted octanol–water partition coefficient (Wildman–Crippen LogP) is 3.08. The van der Waals surface area contributed by atoms with Gasteiger partial charge in [0, 0.05) is 6.04 Å². The van der Waals surface area contributed by atoms with Crippen LogP contribution in [-0.4, -0.2) is 26.0 Å². The summed E-state index contributed by atoms with van der Waals surface area (Å²) in [6.45, 7) is 1.92. The highest BCUT2D eigenvalue weighted by atomic mass is 32.2. The Labute approximate surface area is 165 Å². The van der Waals surface area contributed by atoms with Crippen molar-refractivity contribution >= 4 is 16.1 Å². The van der Waals surface area contributed by atoms with E-state index in [1.54, 1.807) is 12.1 Å². The Hall–Kier alpha value is -2.22. The molecule has 0 radical (unpaired) electrons. The average molecular weight is 404 g/mol. The van der Waals surface area contributed by atoms with Gasteiger partial charge in [0.05, 0.1) is 4.90 Å². The molecule has 1 aliphatic carbocycles. The first-order chi connectivity index (χ1) is 13.3. The van der Waals surface area contributed by atoms with Crippen molar-refractivity contribution in [1.82, 2.24) is 0 Å². The molecule has 7 heteroatoms. The molecule has 0 bridgehead atoms. The first-order valence-electron chi connectivity index (χ1n) is 9.30. The van der Waals surface area contributed by atoms with Crippen LogP contribution in [0.3, 0.4) is 0 Å². The standard InChI is InChI=1S/C21H25NO5S/c1-16-7-9-19(10-8-16)28(24,25)27-21(13-11-18(22)12-14-21)20(23)26-15-17-5-3-2-4-6-17/h2-10,18H,11-15,22H2,1H3. The van der Waals surface area contributed by atoms with Gasteiger partial charge in [-0.15, -0.1) is 0 Å². The van der Waals surface area contributed by atoms with Crippen LogP contribution in [0.15, 0.2) is 59.5 Å². The van der Waals surface area contributed by atoms with Crippen molar-refractivity contribution < 1.29 is 22.1 Å². The number of aryl methyl sites for hydroxylation is 1. The molecular weight excluding hydrogens is 378 g/mol.